The summed E-state index contributed by atoms with van der Waals surface area (Å²) in [6, 6.07) is 14.1. The number of para-hydroxylation sites is 1. The highest BCUT2D eigenvalue weighted by Gasteiger charge is 2.35. The maximum Gasteiger partial charge on any atom is 0.446 e. The van der Waals surface area contributed by atoms with Crippen molar-refractivity contribution in [2.75, 3.05) is 6.61 Å². The number of esters is 1. The third-order valence-electron chi connectivity index (χ3n) is 4.01. The second-order valence-electron chi connectivity index (χ2n) is 5.67. The van der Waals surface area contributed by atoms with E-state index < -0.39 is 27.5 Å². The largest absolute Gasteiger partial charge is 0.457 e. The number of benzene rings is 2. The molecule has 28 heavy (non-hydrogen) atoms. The molecule has 0 N–H and O–H groups in total. The van der Waals surface area contributed by atoms with Crippen LogP contribution in [0.15, 0.2) is 65.7 Å². The van der Waals surface area contributed by atoms with E-state index >= 15 is 0 Å². The Morgan fingerprint density at radius 3 is 2.36 bits per heavy atom. The van der Waals surface area contributed by atoms with E-state index in [1.165, 1.54) is 25.1 Å². The van der Waals surface area contributed by atoms with E-state index in [0.29, 0.717) is 0 Å². The van der Waals surface area contributed by atoms with E-state index in [0.717, 1.165) is 10.2 Å². The van der Waals surface area contributed by atoms with Crippen molar-refractivity contribution < 1.29 is 27.5 Å². The average Bonchev–Trinajstić information content (AvgIpc) is 3.10. The molecule has 0 aliphatic rings. The van der Waals surface area contributed by atoms with Crippen LogP contribution in [0.1, 0.15) is 17.3 Å². The van der Waals surface area contributed by atoms with Crippen LogP contribution in [0.3, 0.4) is 0 Å². The molecular weight excluding hydrogens is 382 g/mol. The zero-order chi connectivity index (χ0) is 20.3. The van der Waals surface area contributed by atoms with Gasteiger partial charge in [-0.3, -0.25) is 4.79 Å². The van der Waals surface area contributed by atoms with Gasteiger partial charge < -0.3 is 10.3 Å². The van der Waals surface area contributed by atoms with Crippen LogP contribution in [-0.4, -0.2) is 41.3 Å². The zero-order valence-electron chi connectivity index (χ0n) is 14.8. The molecule has 3 rings (SSSR count). The summed E-state index contributed by atoms with van der Waals surface area (Å²) in [7, 11) is -4.00. The predicted molar refractivity (Wildman–Crippen MR) is 101 cm³/mol. The molecule has 0 unspecified atom stereocenters. The van der Waals surface area contributed by atoms with Crippen molar-refractivity contribution in [3.63, 3.8) is 0 Å². The van der Waals surface area contributed by atoms with Crippen LogP contribution < -0.4 is 0 Å². The molecular formula is C19H15N3O5S. The number of carbonyl (C=O) groups is 2. The smallest absolute Gasteiger partial charge is 0.446 e. The Balaban J connectivity index is 2.21. The minimum Gasteiger partial charge on any atom is -0.457 e. The number of Topliss-reactive ketones (excluding diaryl/α,β-unsaturated/α-hetero) is 1. The molecule has 0 spiro atoms. The van der Waals surface area contributed by atoms with Gasteiger partial charge in [0.15, 0.2) is 0 Å². The molecule has 1 heterocycles. The zero-order valence-corrected chi connectivity index (χ0v) is 15.6. The molecule has 0 aliphatic heterocycles. The Hall–Kier alpha value is -3.55. The van der Waals surface area contributed by atoms with Crippen LogP contribution in [0.4, 0.5) is 0 Å². The van der Waals surface area contributed by atoms with Crippen molar-refractivity contribution >= 4 is 38.4 Å². The van der Waals surface area contributed by atoms with Crippen LogP contribution in [0.5, 0.6) is 0 Å². The van der Waals surface area contributed by atoms with Gasteiger partial charge in [-0.05, 0) is 25.1 Å². The number of fused-ring (bicyclic) bond motifs is 1. The number of hydrogen-bond donors (Lipinski definition) is 0. The number of ether oxygens (including phenoxy) is 1. The molecule has 1 aromatic heterocycles. The van der Waals surface area contributed by atoms with Crippen LogP contribution in [0.2, 0.25) is 0 Å². The second kappa shape index (κ2) is 7.59. The van der Waals surface area contributed by atoms with E-state index in [2.05, 4.69) is 4.79 Å². The first-order valence-electron chi connectivity index (χ1n) is 8.26. The molecule has 0 saturated heterocycles. The van der Waals surface area contributed by atoms with Crippen molar-refractivity contribution in [2.45, 2.75) is 11.8 Å². The van der Waals surface area contributed by atoms with E-state index in [-0.39, 0.29) is 28.0 Å². The van der Waals surface area contributed by atoms with Gasteiger partial charge in [0.05, 0.1) is 22.6 Å². The minimum absolute atomic E-state index is 0.0186. The van der Waals surface area contributed by atoms with Crippen molar-refractivity contribution in [3.05, 3.63) is 71.9 Å². The lowest BCUT2D eigenvalue weighted by Crippen LogP contribution is -2.27. The molecule has 0 atom stereocenters. The van der Waals surface area contributed by atoms with Crippen LogP contribution in [0, 0.1) is 0 Å². The third-order valence-corrected chi connectivity index (χ3v) is 5.69. The summed E-state index contributed by atoms with van der Waals surface area (Å²) in [6.45, 7) is 1.52. The first-order chi connectivity index (χ1) is 13.4. The standard InChI is InChI=1S/C19H15N3O5S/c1-2-27-19(24)17(21-20)18(23)15-12-22(16-11-7-6-10-14(15)16)28(25,26)13-8-4-3-5-9-13/h3-12H,2H2,1H3. The normalized spacial score (nSPS) is 11.0. The molecule has 8 nitrogen and oxygen atoms in total. The van der Waals surface area contributed by atoms with Crippen molar-refractivity contribution in [1.29, 1.82) is 0 Å². The Kier molecular flexibility index (Phi) is 5.21. The Bertz CT molecular complexity index is 1220. The first kappa shape index (κ1) is 19.2. The quantitative estimate of drug-likeness (QED) is 0.158. The maximum atomic E-state index is 13.0. The summed E-state index contributed by atoms with van der Waals surface area (Å²) in [5, 5.41) is 0.289. The van der Waals surface area contributed by atoms with Crippen LogP contribution in [0.25, 0.3) is 16.4 Å². The minimum atomic E-state index is -4.00. The van der Waals surface area contributed by atoms with Crippen molar-refractivity contribution in [1.82, 2.24) is 3.97 Å². The molecule has 142 valence electrons. The van der Waals surface area contributed by atoms with Crippen LogP contribution in [-0.2, 0) is 19.6 Å². The highest BCUT2D eigenvalue weighted by Crippen LogP contribution is 2.26. The molecule has 0 radical (unpaired) electrons. The summed E-state index contributed by atoms with van der Waals surface area (Å²) in [4.78, 5) is 27.5. The molecule has 9 heteroatoms. The fourth-order valence-electron chi connectivity index (χ4n) is 2.74. The summed E-state index contributed by atoms with van der Waals surface area (Å²) in [5.74, 6) is -2.04. The van der Waals surface area contributed by atoms with Gasteiger partial charge in [-0.15, -0.1) is 0 Å². The van der Waals surface area contributed by atoms with Gasteiger partial charge in [0.1, 0.15) is 0 Å². The number of ketones is 1. The highest BCUT2D eigenvalue weighted by atomic mass is 32.2. The number of nitrogens with zero attached hydrogens (tertiary/aromatic N) is 3. The summed E-state index contributed by atoms with van der Waals surface area (Å²) < 4.78 is 31.8. The summed E-state index contributed by atoms with van der Waals surface area (Å²) in [5.41, 5.74) is 8.43. The monoisotopic (exact) mass is 397 g/mol. The SMILES string of the molecule is CCOC(=O)C(=[N+]=[N-])C(=O)c1cn(S(=O)(=O)c2ccccc2)c2ccccc12. The molecule has 2 aromatic carbocycles. The molecule has 3 aromatic rings. The van der Waals surface area contributed by atoms with Gasteiger partial charge in [0, 0.05) is 11.6 Å². The van der Waals surface area contributed by atoms with E-state index in [1.54, 1.807) is 36.4 Å². The highest BCUT2D eigenvalue weighted by molar-refractivity contribution is 7.90. The molecule has 0 aliphatic carbocycles. The van der Waals surface area contributed by atoms with Gasteiger partial charge >= 0.3 is 11.7 Å². The Labute approximate surface area is 160 Å². The molecule has 0 saturated carbocycles. The lowest BCUT2D eigenvalue weighted by molar-refractivity contribution is -0.139. The average molecular weight is 397 g/mol. The first-order valence-corrected chi connectivity index (χ1v) is 9.70. The Morgan fingerprint density at radius 1 is 1.07 bits per heavy atom. The number of rotatable bonds is 6. The Morgan fingerprint density at radius 2 is 1.71 bits per heavy atom. The topological polar surface area (TPSA) is 119 Å². The number of carbonyl (C=O) groups excluding carboxylic acids is 2. The van der Waals surface area contributed by atoms with Crippen molar-refractivity contribution in [2.24, 2.45) is 0 Å². The fraction of sp³-hybridized carbons (Fsp3) is 0.105. The van der Waals surface area contributed by atoms with Gasteiger partial charge in [0.25, 0.3) is 15.8 Å². The predicted octanol–water partition coefficient (Wildman–Crippen LogP) is 2.29. The number of hydrogen-bond acceptors (Lipinski definition) is 5. The van der Waals surface area contributed by atoms with E-state index in [9.17, 15) is 18.0 Å². The van der Waals surface area contributed by atoms with Gasteiger partial charge in [-0.1, -0.05) is 36.4 Å². The molecule has 0 amide bonds. The van der Waals surface area contributed by atoms with Gasteiger partial charge in [0.2, 0.25) is 0 Å². The van der Waals surface area contributed by atoms with E-state index in [1.807, 2.05) is 0 Å². The number of aromatic nitrogens is 1. The van der Waals surface area contributed by atoms with E-state index in [4.69, 9.17) is 10.3 Å². The van der Waals surface area contributed by atoms with Gasteiger partial charge in [-0.25, -0.2) is 17.2 Å². The van der Waals surface area contributed by atoms with Gasteiger partial charge in [-0.2, -0.15) is 4.79 Å². The van der Waals surface area contributed by atoms with Crippen LogP contribution >= 0.6 is 0 Å². The fourth-order valence-corrected chi connectivity index (χ4v) is 4.13. The summed E-state index contributed by atoms with van der Waals surface area (Å²) in [6.07, 6.45) is 1.11. The lowest BCUT2D eigenvalue weighted by atomic mass is 10.1. The maximum absolute atomic E-state index is 13.0. The van der Waals surface area contributed by atoms with Crippen molar-refractivity contribution in [3.8, 4) is 0 Å². The molecule has 0 fully saturated rings. The second-order valence-corrected chi connectivity index (χ2v) is 7.49. The lowest BCUT2D eigenvalue weighted by Gasteiger charge is -2.07. The third kappa shape index (κ3) is 3.24. The summed E-state index contributed by atoms with van der Waals surface area (Å²) >= 11 is 0. The molecule has 0 bridgehead atoms.